The molecule has 328 valence electrons. The number of esters is 2. The van der Waals surface area contributed by atoms with Gasteiger partial charge in [-0.1, -0.05) is 219 Å². The van der Waals surface area contributed by atoms with Gasteiger partial charge in [0, 0.05) is 19.4 Å². The summed E-state index contributed by atoms with van der Waals surface area (Å²) < 4.78 is 32.8. The average molecular weight is 804 g/mol. The molecule has 0 fully saturated rings. The van der Waals surface area contributed by atoms with E-state index in [4.69, 9.17) is 24.3 Å². The van der Waals surface area contributed by atoms with Crippen LogP contribution in [0.1, 0.15) is 245 Å². The fraction of sp³-hybridized carbons (Fsp3) is 0.956. The molecule has 0 rings (SSSR count). The number of hydrogen-bond acceptors (Lipinski definition) is 8. The van der Waals surface area contributed by atoms with Crippen LogP contribution in [0.15, 0.2) is 0 Å². The molecule has 0 bridgehead atoms. The maximum atomic E-state index is 12.6. The lowest BCUT2D eigenvalue weighted by atomic mass is 10.0. The number of ether oxygens (including phenoxy) is 2. The first-order valence-corrected chi connectivity index (χ1v) is 25.0. The molecule has 10 heteroatoms. The lowest BCUT2D eigenvalue weighted by molar-refractivity contribution is -0.161. The van der Waals surface area contributed by atoms with Crippen LogP contribution in [0.25, 0.3) is 0 Å². The number of carbonyl (C=O) groups excluding carboxylic acids is 2. The quantitative estimate of drug-likeness (QED) is 0.0350. The van der Waals surface area contributed by atoms with Crippen molar-refractivity contribution in [2.75, 3.05) is 26.4 Å². The highest BCUT2D eigenvalue weighted by Gasteiger charge is 2.26. The van der Waals surface area contributed by atoms with Crippen molar-refractivity contribution in [3.05, 3.63) is 0 Å². The van der Waals surface area contributed by atoms with Gasteiger partial charge in [-0.25, -0.2) is 4.57 Å². The first kappa shape index (κ1) is 54.0. The van der Waals surface area contributed by atoms with Gasteiger partial charge in [0.15, 0.2) is 6.10 Å². The Morgan fingerprint density at radius 2 is 0.782 bits per heavy atom. The van der Waals surface area contributed by atoms with Crippen LogP contribution in [-0.4, -0.2) is 49.3 Å². The normalized spacial score (nSPS) is 13.2. The van der Waals surface area contributed by atoms with E-state index in [0.717, 1.165) is 32.1 Å². The molecule has 0 heterocycles. The Morgan fingerprint density at radius 1 is 0.473 bits per heavy atom. The maximum Gasteiger partial charge on any atom is 0.472 e. The van der Waals surface area contributed by atoms with Crippen LogP contribution in [0.3, 0.4) is 0 Å². The molecule has 0 aliphatic rings. The number of carbonyl (C=O) groups is 2. The Hall–Kier alpha value is -0.990. The molecule has 0 aromatic heterocycles. The monoisotopic (exact) mass is 804 g/mol. The van der Waals surface area contributed by atoms with E-state index in [2.05, 4.69) is 13.8 Å². The third-order valence-electron chi connectivity index (χ3n) is 10.5. The summed E-state index contributed by atoms with van der Waals surface area (Å²) in [6.07, 6.45) is 42.8. The first-order chi connectivity index (χ1) is 26.8. The maximum absolute atomic E-state index is 12.6. The zero-order chi connectivity index (χ0) is 40.3. The second kappa shape index (κ2) is 42.6. The fourth-order valence-corrected chi connectivity index (χ4v) is 7.76. The van der Waals surface area contributed by atoms with E-state index in [-0.39, 0.29) is 38.6 Å². The van der Waals surface area contributed by atoms with Crippen LogP contribution in [0, 0.1) is 0 Å². The molecular formula is C45H90NO8P. The summed E-state index contributed by atoms with van der Waals surface area (Å²) in [5, 5.41) is 0. The van der Waals surface area contributed by atoms with E-state index < -0.39 is 26.5 Å². The zero-order valence-electron chi connectivity index (χ0n) is 36.2. The van der Waals surface area contributed by atoms with Gasteiger partial charge in [-0.2, -0.15) is 0 Å². The molecular weight excluding hydrogens is 713 g/mol. The molecule has 3 N–H and O–H groups in total. The highest BCUT2D eigenvalue weighted by Crippen LogP contribution is 2.43. The van der Waals surface area contributed by atoms with Crippen LogP contribution in [0.4, 0.5) is 0 Å². The van der Waals surface area contributed by atoms with Crippen LogP contribution in [-0.2, 0) is 32.7 Å². The highest BCUT2D eigenvalue weighted by molar-refractivity contribution is 7.47. The van der Waals surface area contributed by atoms with Gasteiger partial charge >= 0.3 is 19.8 Å². The number of hydrogen-bond donors (Lipinski definition) is 2. The summed E-state index contributed by atoms with van der Waals surface area (Å²) in [5.41, 5.74) is 5.35. The third kappa shape index (κ3) is 42.4. The number of unbranched alkanes of at least 4 members (excludes halogenated alkanes) is 32. The van der Waals surface area contributed by atoms with Gasteiger partial charge in [0.25, 0.3) is 0 Å². The molecule has 0 spiro atoms. The molecule has 0 aromatic rings. The van der Waals surface area contributed by atoms with Crippen molar-refractivity contribution in [2.45, 2.75) is 251 Å². The molecule has 55 heavy (non-hydrogen) atoms. The molecule has 0 saturated heterocycles. The van der Waals surface area contributed by atoms with Crippen molar-refractivity contribution in [1.82, 2.24) is 0 Å². The molecule has 0 aromatic carbocycles. The highest BCUT2D eigenvalue weighted by atomic mass is 31.2. The molecule has 0 amide bonds. The van der Waals surface area contributed by atoms with Gasteiger partial charge in [-0.05, 0) is 12.8 Å². The minimum atomic E-state index is -4.37. The van der Waals surface area contributed by atoms with Crippen molar-refractivity contribution < 1.29 is 37.6 Å². The summed E-state index contributed by atoms with van der Waals surface area (Å²) in [7, 11) is -4.37. The molecule has 9 nitrogen and oxygen atoms in total. The minimum absolute atomic E-state index is 0.0581. The molecule has 0 aliphatic carbocycles. The third-order valence-corrected chi connectivity index (χ3v) is 11.5. The largest absolute Gasteiger partial charge is 0.472 e. The Balaban J connectivity index is 3.97. The van der Waals surface area contributed by atoms with Crippen LogP contribution in [0.2, 0.25) is 0 Å². The van der Waals surface area contributed by atoms with Crippen molar-refractivity contribution >= 4 is 19.8 Å². The standard InChI is InChI=1S/C45H90NO8P/c1-3-5-7-9-11-13-15-17-18-19-20-21-22-23-24-25-26-28-29-31-33-35-37-44(47)51-41-43(42-53-55(49,50)52-40-39-46)54-45(48)38-36-34-32-30-27-16-14-12-10-8-6-4-2/h43H,3-42,46H2,1-2H3,(H,49,50)/t43-/m1/s1. The first-order valence-electron chi connectivity index (χ1n) is 23.5. The van der Waals surface area contributed by atoms with Crippen LogP contribution >= 0.6 is 7.82 Å². The van der Waals surface area contributed by atoms with Gasteiger partial charge < -0.3 is 20.1 Å². The fourth-order valence-electron chi connectivity index (χ4n) is 6.99. The Bertz CT molecular complexity index is 876. The molecule has 0 saturated carbocycles. The molecule has 2 atom stereocenters. The van der Waals surface area contributed by atoms with E-state index in [1.54, 1.807) is 0 Å². The summed E-state index contributed by atoms with van der Waals surface area (Å²) >= 11 is 0. The molecule has 0 aliphatic heterocycles. The number of phosphoric ester groups is 1. The summed E-state index contributed by atoms with van der Waals surface area (Å²) in [6.45, 7) is 3.78. The lowest BCUT2D eigenvalue weighted by Gasteiger charge is -2.19. The van der Waals surface area contributed by atoms with Gasteiger partial charge in [-0.3, -0.25) is 18.6 Å². The van der Waals surface area contributed by atoms with Gasteiger partial charge in [0.2, 0.25) is 0 Å². The minimum Gasteiger partial charge on any atom is -0.462 e. The average Bonchev–Trinajstić information content (AvgIpc) is 3.17. The van der Waals surface area contributed by atoms with E-state index in [9.17, 15) is 19.0 Å². The molecule has 1 unspecified atom stereocenters. The second-order valence-electron chi connectivity index (χ2n) is 16.0. The lowest BCUT2D eigenvalue weighted by Crippen LogP contribution is -2.29. The predicted molar refractivity (Wildman–Crippen MR) is 229 cm³/mol. The van der Waals surface area contributed by atoms with E-state index in [1.165, 1.54) is 180 Å². The van der Waals surface area contributed by atoms with Crippen molar-refractivity contribution in [3.8, 4) is 0 Å². The summed E-state index contributed by atoms with van der Waals surface area (Å²) in [6, 6.07) is 0. The van der Waals surface area contributed by atoms with Crippen molar-refractivity contribution in [2.24, 2.45) is 5.73 Å². The second-order valence-corrected chi connectivity index (χ2v) is 17.4. The van der Waals surface area contributed by atoms with Gasteiger partial charge in [0.1, 0.15) is 6.61 Å². The summed E-state index contributed by atoms with van der Waals surface area (Å²) in [4.78, 5) is 34.9. The van der Waals surface area contributed by atoms with Crippen LogP contribution < -0.4 is 5.73 Å². The zero-order valence-corrected chi connectivity index (χ0v) is 37.1. The van der Waals surface area contributed by atoms with Gasteiger partial charge in [0.05, 0.1) is 13.2 Å². The number of nitrogens with two attached hydrogens (primary N) is 1. The predicted octanol–water partition coefficient (Wildman–Crippen LogP) is 13.6. The van der Waals surface area contributed by atoms with E-state index in [1.807, 2.05) is 0 Å². The SMILES string of the molecule is CCCCCCCCCCCCCCCCCCCCCCCCC(=O)OC[C@H](COP(=O)(O)OCCN)OC(=O)CCCCCCCCCCCCCC. The topological polar surface area (TPSA) is 134 Å². The number of phosphoric acid groups is 1. The Morgan fingerprint density at radius 3 is 1.11 bits per heavy atom. The number of rotatable bonds is 45. The van der Waals surface area contributed by atoms with Crippen molar-refractivity contribution in [1.29, 1.82) is 0 Å². The van der Waals surface area contributed by atoms with Gasteiger partial charge in [-0.15, -0.1) is 0 Å². The smallest absolute Gasteiger partial charge is 0.462 e. The van der Waals surface area contributed by atoms with E-state index in [0.29, 0.717) is 6.42 Å². The summed E-state index contributed by atoms with van der Waals surface area (Å²) in [5.74, 6) is -0.811. The molecule has 0 radical (unpaired) electrons. The van der Waals surface area contributed by atoms with Crippen LogP contribution in [0.5, 0.6) is 0 Å². The Kier molecular flexibility index (Phi) is 41.8. The van der Waals surface area contributed by atoms with Crippen molar-refractivity contribution in [3.63, 3.8) is 0 Å². The Labute approximate surface area is 339 Å². The van der Waals surface area contributed by atoms with E-state index >= 15 is 0 Å².